The lowest BCUT2D eigenvalue weighted by molar-refractivity contribution is -0.121. The Bertz CT molecular complexity index is 397. The minimum atomic E-state index is 0.192. The molecule has 0 radical (unpaired) electrons. The molecule has 3 nitrogen and oxygen atoms in total. The maximum absolute atomic E-state index is 11.8. The normalized spacial score (nSPS) is 19.3. The summed E-state index contributed by atoms with van der Waals surface area (Å²) in [5.41, 5.74) is 0. The average Bonchev–Trinajstić information content (AvgIpc) is 2.92. The lowest BCUT2D eigenvalue weighted by Crippen LogP contribution is -2.31. The largest absolute Gasteiger partial charge is 0.351 e. The molecule has 1 amide bonds. The fourth-order valence-corrected chi connectivity index (χ4v) is 3.38. The number of hydrogen-bond donors (Lipinski definition) is 2. The van der Waals surface area contributed by atoms with Gasteiger partial charge in [-0.3, -0.25) is 4.79 Å². The van der Waals surface area contributed by atoms with Gasteiger partial charge >= 0.3 is 0 Å². The van der Waals surface area contributed by atoms with Gasteiger partial charge in [0.15, 0.2) is 0 Å². The standard InChI is InChI=1S/C15H24N2OS/c1-2-13-6-7-14(19-13)11-17-15(18)8-5-12-4-3-9-16-10-12/h6-7,12,16H,2-5,8-11H2,1H3,(H,17,18). The van der Waals surface area contributed by atoms with Gasteiger partial charge < -0.3 is 10.6 Å². The summed E-state index contributed by atoms with van der Waals surface area (Å²) in [5, 5.41) is 6.42. The van der Waals surface area contributed by atoms with Crippen LogP contribution in [0, 0.1) is 5.92 Å². The van der Waals surface area contributed by atoms with Crippen molar-refractivity contribution in [3.63, 3.8) is 0 Å². The van der Waals surface area contributed by atoms with E-state index in [9.17, 15) is 4.79 Å². The quantitative estimate of drug-likeness (QED) is 0.841. The third kappa shape index (κ3) is 4.96. The van der Waals surface area contributed by atoms with Crippen LogP contribution >= 0.6 is 11.3 Å². The van der Waals surface area contributed by atoms with Crippen molar-refractivity contribution >= 4 is 17.2 Å². The molecule has 1 atom stereocenters. The van der Waals surface area contributed by atoms with E-state index in [0.29, 0.717) is 18.9 Å². The van der Waals surface area contributed by atoms with Crippen LogP contribution in [0.1, 0.15) is 42.4 Å². The zero-order valence-corrected chi connectivity index (χ0v) is 12.5. The molecule has 1 aliphatic rings. The molecule has 1 fully saturated rings. The number of carbonyl (C=O) groups is 1. The SMILES string of the molecule is CCc1ccc(CNC(=O)CCC2CCCNC2)s1. The maximum atomic E-state index is 11.8. The van der Waals surface area contributed by atoms with Crippen LogP contribution in [0.2, 0.25) is 0 Å². The van der Waals surface area contributed by atoms with Crippen molar-refractivity contribution in [1.29, 1.82) is 0 Å². The van der Waals surface area contributed by atoms with Gasteiger partial charge in [0.2, 0.25) is 5.91 Å². The number of aryl methyl sites for hydroxylation is 1. The molecular formula is C15H24N2OS. The van der Waals surface area contributed by atoms with Crippen LogP contribution in [0.3, 0.4) is 0 Å². The lowest BCUT2D eigenvalue weighted by Gasteiger charge is -2.22. The van der Waals surface area contributed by atoms with Crippen LogP contribution < -0.4 is 10.6 Å². The minimum absolute atomic E-state index is 0.192. The summed E-state index contributed by atoms with van der Waals surface area (Å²) in [6, 6.07) is 4.27. The number of amides is 1. The Hall–Kier alpha value is -0.870. The molecule has 1 saturated heterocycles. The third-order valence-electron chi connectivity index (χ3n) is 3.70. The highest BCUT2D eigenvalue weighted by Gasteiger charge is 2.14. The first-order valence-corrected chi connectivity index (χ1v) is 8.14. The minimum Gasteiger partial charge on any atom is -0.351 e. The van der Waals surface area contributed by atoms with Crippen molar-refractivity contribution in [3.05, 3.63) is 21.9 Å². The summed E-state index contributed by atoms with van der Waals surface area (Å²) in [4.78, 5) is 14.4. The van der Waals surface area contributed by atoms with Crippen LogP contribution in [0.5, 0.6) is 0 Å². The van der Waals surface area contributed by atoms with Gasteiger partial charge in [-0.1, -0.05) is 6.92 Å². The highest BCUT2D eigenvalue weighted by molar-refractivity contribution is 7.11. The smallest absolute Gasteiger partial charge is 0.220 e. The number of thiophene rings is 1. The van der Waals surface area contributed by atoms with Crippen molar-refractivity contribution in [1.82, 2.24) is 10.6 Å². The van der Waals surface area contributed by atoms with Gasteiger partial charge in [0.1, 0.15) is 0 Å². The average molecular weight is 280 g/mol. The summed E-state index contributed by atoms with van der Waals surface area (Å²) < 4.78 is 0. The van der Waals surface area contributed by atoms with Crippen LogP contribution in [0.25, 0.3) is 0 Å². The van der Waals surface area contributed by atoms with E-state index in [2.05, 4.69) is 29.7 Å². The van der Waals surface area contributed by atoms with E-state index < -0.39 is 0 Å². The second-order valence-electron chi connectivity index (χ2n) is 5.25. The molecule has 0 spiro atoms. The molecule has 0 saturated carbocycles. The molecule has 1 aromatic heterocycles. The number of hydrogen-bond acceptors (Lipinski definition) is 3. The molecule has 19 heavy (non-hydrogen) atoms. The Morgan fingerprint density at radius 2 is 2.32 bits per heavy atom. The molecule has 4 heteroatoms. The molecule has 2 rings (SSSR count). The lowest BCUT2D eigenvalue weighted by atomic mass is 9.94. The monoisotopic (exact) mass is 280 g/mol. The Morgan fingerprint density at radius 1 is 1.47 bits per heavy atom. The Labute approximate surface area is 119 Å². The van der Waals surface area contributed by atoms with Gasteiger partial charge in [0, 0.05) is 16.2 Å². The summed E-state index contributed by atoms with van der Waals surface area (Å²) in [7, 11) is 0. The Kier molecular flexibility index (Phi) is 5.86. The fourth-order valence-electron chi connectivity index (χ4n) is 2.49. The second kappa shape index (κ2) is 7.65. The van der Waals surface area contributed by atoms with Crippen molar-refractivity contribution in [3.8, 4) is 0 Å². The number of rotatable bonds is 6. The molecule has 1 unspecified atom stereocenters. The first-order chi connectivity index (χ1) is 9.28. The van der Waals surface area contributed by atoms with E-state index >= 15 is 0 Å². The van der Waals surface area contributed by atoms with Gasteiger partial charge in [0.05, 0.1) is 6.54 Å². The van der Waals surface area contributed by atoms with Crippen LogP contribution in [-0.2, 0) is 17.8 Å². The van der Waals surface area contributed by atoms with Gasteiger partial charge in [-0.05, 0) is 56.8 Å². The summed E-state index contributed by atoms with van der Waals surface area (Å²) in [6.07, 6.45) is 5.28. The molecule has 1 aliphatic heterocycles. The third-order valence-corrected chi connectivity index (χ3v) is 4.93. The molecule has 2 heterocycles. The fraction of sp³-hybridized carbons (Fsp3) is 0.667. The van der Waals surface area contributed by atoms with Gasteiger partial charge in [-0.2, -0.15) is 0 Å². The Balaban J connectivity index is 1.63. The first-order valence-electron chi connectivity index (χ1n) is 7.33. The van der Waals surface area contributed by atoms with Crippen molar-refractivity contribution < 1.29 is 4.79 Å². The molecule has 1 aromatic rings. The van der Waals surface area contributed by atoms with Crippen molar-refractivity contribution in [2.45, 2.75) is 45.6 Å². The number of nitrogens with one attached hydrogen (secondary N) is 2. The van der Waals surface area contributed by atoms with Gasteiger partial charge in [0.25, 0.3) is 0 Å². The second-order valence-corrected chi connectivity index (χ2v) is 6.50. The highest BCUT2D eigenvalue weighted by Crippen LogP contribution is 2.17. The van der Waals surface area contributed by atoms with E-state index in [4.69, 9.17) is 0 Å². The predicted octanol–water partition coefficient (Wildman–Crippen LogP) is 2.71. The van der Waals surface area contributed by atoms with Crippen LogP contribution in [0.4, 0.5) is 0 Å². The van der Waals surface area contributed by atoms with E-state index in [0.717, 1.165) is 25.9 Å². The zero-order valence-electron chi connectivity index (χ0n) is 11.7. The van der Waals surface area contributed by atoms with Crippen LogP contribution in [-0.4, -0.2) is 19.0 Å². The van der Waals surface area contributed by atoms with Crippen LogP contribution in [0.15, 0.2) is 12.1 Å². The first kappa shape index (κ1) is 14.5. The predicted molar refractivity (Wildman–Crippen MR) is 80.4 cm³/mol. The summed E-state index contributed by atoms with van der Waals surface area (Å²) in [5.74, 6) is 0.880. The zero-order chi connectivity index (χ0) is 13.5. The van der Waals surface area contributed by atoms with Crippen molar-refractivity contribution in [2.24, 2.45) is 5.92 Å². The molecule has 0 aromatic carbocycles. The summed E-state index contributed by atoms with van der Waals surface area (Å²) in [6.45, 7) is 5.07. The Morgan fingerprint density at radius 3 is 3.00 bits per heavy atom. The van der Waals surface area contributed by atoms with Gasteiger partial charge in [-0.15, -0.1) is 11.3 Å². The maximum Gasteiger partial charge on any atom is 0.220 e. The molecule has 0 bridgehead atoms. The topological polar surface area (TPSA) is 41.1 Å². The van der Waals surface area contributed by atoms with Crippen molar-refractivity contribution in [2.75, 3.05) is 13.1 Å². The molecule has 106 valence electrons. The van der Waals surface area contributed by atoms with E-state index in [1.807, 2.05) is 0 Å². The highest BCUT2D eigenvalue weighted by atomic mass is 32.1. The molecule has 0 aliphatic carbocycles. The number of carbonyl (C=O) groups excluding carboxylic acids is 1. The van der Waals surface area contributed by atoms with E-state index in [1.54, 1.807) is 11.3 Å². The molecular weight excluding hydrogens is 256 g/mol. The number of piperidine rings is 1. The van der Waals surface area contributed by atoms with Gasteiger partial charge in [-0.25, -0.2) is 0 Å². The van der Waals surface area contributed by atoms with E-state index in [1.165, 1.54) is 22.6 Å². The summed E-state index contributed by atoms with van der Waals surface area (Å²) >= 11 is 1.80. The van der Waals surface area contributed by atoms with E-state index in [-0.39, 0.29) is 5.91 Å². The molecule has 2 N–H and O–H groups in total.